The van der Waals surface area contributed by atoms with Gasteiger partial charge in [-0.2, -0.15) is 4.37 Å². The third-order valence-electron chi connectivity index (χ3n) is 6.52. The second-order valence-corrected chi connectivity index (χ2v) is 10.4. The van der Waals surface area contributed by atoms with Gasteiger partial charge in [0.25, 0.3) is 11.8 Å². The smallest absolute Gasteiger partial charge is 0.273 e. The predicted octanol–water partition coefficient (Wildman–Crippen LogP) is 4.07. The number of carbonyl (C=O) groups is 3. The summed E-state index contributed by atoms with van der Waals surface area (Å²) in [6, 6.07) is 14.7. The normalized spacial score (nSPS) is 12.1. The standard InChI is InChI=1S/C28H30N6O4S/c1-5-28(2,3)32-26(36)23(17-8-13-20-16(15-17)7-6-14-31-20)34(18-9-11-19(38-4)12-10-18)27(37)24-21(29)22(25(30)35)33-39-24/h6-15,23H,5,29H2,1-4H3,(H2,30,35)(H,32,36)/t23-/m0/s1. The number of rotatable bonds is 9. The quantitative estimate of drug-likeness (QED) is 0.286. The SMILES string of the molecule is CCC(C)(C)NC(=O)[C@H](c1ccc2ncccc2c1)N(C(=O)c1snc(C(N)=O)c1N)c1ccc(OC)cc1. The zero-order valence-corrected chi connectivity index (χ0v) is 22.9. The first kappa shape index (κ1) is 27.5. The largest absolute Gasteiger partial charge is 0.497 e. The monoisotopic (exact) mass is 546 g/mol. The Labute approximate surface area is 230 Å². The number of pyridine rings is 1. The van der Waals surface area contributed by atoms with Crippen LogP contribution in [-0.2, 0) is 4.79 Å². The summed E-state index contributed by atoms with van der Waals surface area (Å²) < 4.78 is 9.29. The van der Waals surface area contributed by atoms with Crippen LogP contribution in [0.25, 0.3) is 10.9 Å². The van der Waals surface area contributed by atoms with Crippen LogP contribution in [-0.4, -0.2) is 39.7 Å². The lowest BCUT2D eigenvalue weighted by atomic mass is 9.97. The van der Waals surface area contributed by atoms with E-state index >= 15 is 0 Å². The summed E-state index contributed by atoms with van der Waals surface area (Å²) in [4.78, 5) is 45.8. The zero-order chi connectivity index (χ0) is 28.3. The molecule has 0 aliphatic carbocycles. The van der Waals surface area contributed by atoms with E-state index in [9.17, 15) is 14.4 Å². The van der Waals surface area contributed by atoms with Gasteiger partial charge in [-0.25, -0.2) is 0 Å². The van der Waals surface area contributed by atoms with Gasteiger partial charge in [0.2, 0.25) is 5.91 Å². The molecule has 2 heterocycles. The number of carbonyl (C=O) groups excluding carboxylic acids is 3. The van der Waals surface area contributed by atoms with Crippen LogP contribution < -0.4 is 26.4 Å². The van der Waals surface area contributed by atoms with Crippen molar-refractivity contribution in [2.45, 2.75) is 38.8 Å². The molecule has 1 atom stereocenters. The molecule has 3 amide bonds. The maximum Gasteiger partial charge on any atom is 0.273 e. The van der Waals surface area contributed by atoms with Crippen LogP contribution in [0.15, 0.2) is 60.8 Å². The van der Waals surface area contributed by atoms with Crippen LogP contribution >= 0.6 is 11.5 Å². The summed E-state index contributed by atoms with van der Waals surface area (Å²) in [6.07, 6.45) is 2.35. The van der Waals surface area contributed by atoms with E-state index in [-0.39, 0.29) is 16.3 Å². The Morgan fingerprint density at radius 3 is 2.46 bits per heavy atom. The molecular weight excluding hydrogens is 516 g/mol. The number of hydrogen-bond donors (Lipinski definition) is 3. The minimum atomic E-state index is -1.11. The molecule has 39 heavy (non-hydrogen) atoms. The van der Waals surface area contributed by atoms with Gasteiger partial charge >= 0.3 is 0 Å². The van der Waals surface area contributed by atoms with E-state index in [0.717, 1.165) is 22.4 Å². The zero-order valence-electron chi connectivity index (χ0n) is 22.1. The first-order valence-corrected chi connectivity index (χ1v) is 13.0. The number of primary amides is 1. The lowest BCUT2D eigenvalue weighted by Gasteiger charge is -2.34. The Hall–Kier alpha value is -4.51. The number of ether oxygens (including phenoxy) is 1. The molecule has 11 heteroatoms. The van der Waals surface area contributed by atoms with E-state index in [1.165, 1.54) is 12.0 Å². The minimum Gasteiger partial charge on any atom is -0.497 e. The van der Waals surface area contributed by atoms with Crippen LogP contribution in [0.2, 0.25) is 0 Å². The number of amides is 3. The van der Waals surface area contributed by atoms with Crippen molar-refractivity contribution in [1.29, 1.82) is 0 Å². The third kappa shape index (κ3) is 5.68. The summed E-state index contributed by atoms with van der Waals surface area (Å²) in [5.74, 6) is -1.28. The average Bonchev–Trinajstić information content (AvgIpc) is 3.32. The van der Waals surface area contributed by atoms with E-state index in [2.05, 4.69) is 14.7 Å². The van der Waals surface area contributed by atoms with Crippen molar-refractivity contribution in [3.05, 3.63) is 76.9 Å². The molecule has 0 aliphatic rings. The third-order valence-corrected chi connectivity index (χ3v) is 7.37. The summed E-state index contributed by atoms with van der Waals surface area (Å²) in [5, 5.41) is 3.88. The average molecular weight is 547 g/mol. The van der Waals surface area contributed by atoms with Gasteiger partial charge in [-0.15, -0.1) is 0 Å². The lowest BCUT2D eigenvalue weighted by Crippen LogP contribution is -2.50. The molecule has 0 bridgehead atoms. The highest BCUT2D eigenvalue weighted by atomic mass is 32.1. The second-order valence-electron chi connectivity index (χ2n) is 9.60. The molecule has 0 unspecified atom stereocenters. The fraction of sp³-hybridized carbons (Fsp3) is 0.250. The topological polar surface area (TPSA) is 154 Å². The number of nitrogen functional groups attached to an aromatic ring is 1. The van der Waals surface area contributed by atoms with Crippen LogP contribution in [0.4, 0.5) is 11.4 Å². The van der Waals surface area contributed by atoms with E-state index in [0.29, 0.717) is 23.4 Å². The highest BCUT2D eigenvalue weighted by Crippen LogP contribution is 2.35. The van der Waals surface area contributed by atoms with E-state index < -0.39 is 29.3 Å². The first-order chi connectivity index (χ1) is 18.6. The maximum absolute atomic E-state index is 14.2. The number of hydrogen-bond acceptors (Lipinski definition) is 8. The molecule has 5 N–H and O–H groups in total. The molecule has 2 aromatic heterocycles. The molecule has 0 aliphatic heterocycles. The molecular formula is C28H30N6O4S. The van der Waals surface area contributed by atoms with Gasteiger partial charge in [-0.1, -0.05) is 19.1 Å². The van der Waals surface area contributed by atoms with Gasteiger partial charge in [0, 0.05) is 22.8 Å². The fourth-order valence-corrected chi connectivity index (χ4v) is 4.78. The van der Waals surface area contributed by atoms with Gasteiger partial charge in [-0.05, 0) is 79.8 Å². The number of aromatic nitrogens is 2. The Morgan fingerprint density at radius 1 is 1.13 bits per heavy atom. The second kappa shape index (κ2) is 11.1. The van der Waals surface area contributed by atoms with Crippen molar-refractivity contribution >= 4 is 51.5 Å². The van der Waals surface area contributed by atoms with Crippen LogP contribution in [0.3, 0.4) is 0 Å². The summed E-state index contributed by atoms with van der Waals surface area (Å²) in [7, 11) is 1.54. The Kier molecular flexibility index (Phi) is 7.82. The number of fused-ring (bicyclic) bond motifs is 1. The fourth-order valence-electron chi connectivity index (χ4n) is 4.04. The number of nitrogens with one attached hydrogen (secondary N) is 1. The van der Waals surface area contributed by atoms with Crippen molar-refractivity contribution in [1.82, 2.24) is 14.7 Å². The molecule has 2 aromatic carbocycles. The predicted molar refractivity (Wildman–Crippen MR) is 152 cm³/mol. The molecule has 0 radical (unpaired) electrons. The van der Waals surface area contributed by atoms with Crippen molar-refractivity contribution in [2.75, 3.05) is 17.7 Å². The number of nitrogens with zero attached hydrogens (tertiary/aromatic N) is 3. The molecule has 4 aromatic rings. The Morgan fingerprint density at radius 2 is 1.85 bits per heavy atom. The van der Waals surface area contributed by atoms with Crippen LogP contribution in [0, 0.1) is 0 Å². The number of methoxy groups -OCH3 is 1. The molecule has 4 rings (SSSR count). The summed E-state index contributed by atoms with van der Waals surface area (Å²) >= 11 is 0.754. The van der Waals surface area contributed by atoms with Gasteiger partial charge < -0.3 is 21.5 Å². The van der Waals surface area contributed by atoms with Gasteiger partial charge in [0.1, 0.15) is 16.7 Å². The molecule has 0 saturated carbocycles. The summed E-state index contributed by atoms with van der Waals surface area (Å²) in [5.41, 5.74) is 12.4. The molecule has 10 nitrogen and oxygen atoms in total. The van der Waals surface area contributed by atoms with E-state index in [1.54, 1.807) is 48.7 Å². The van der Waals surface area contributed by atoms with Gasteiger partial charge in [0.05, 0.1) is 18.3 Å². The molecule has 0 saturated heterocycles. The molecule has 202 valence electrons. The first-order valence-electron chi connectivity index (χ1n) is 12.3. The van der Waals surface area contributed by atoms with Crippen LogP contribution in [0.1, 0.15) is 59.0 Å². The Bertz CT molecular complexity index is 1530. The highest BCUT2D eigenvalue weighted by molar-refractivity contribution is 7.09. The Balaban J connectivity index is 1.94. The highest BCUT2D eigenvalue weighted by Gasteiger charge is 2.37. The van der Waals surface area contributed by atoms with Crippen LogP contribution in [0.5, 0.6) is 5.75 Å². The molecule has 0 spiro atoms. The molecule has 0 fully saturated rings. The number of nitrogens with two attached hydrogens (primary N) is 2. The maximum atomic E-state index is 14.2. The number of anilines is 2. The van der Waals surface area contributed by atoms with Crippen molar-refractivity contribution in [3.8, 4) is 5.75 Å². The number of benzene rings is 2. The van der Waals surface area contributed by atoms with Crippen molar-refractivity contribution < 1.29 is 19.1 Å². The van der Waals surface area contributed by atoms with Gasteiger partial charge in [-0.3, -0.25) is 24.3 Å². The minimum absolute atomic E-state index is 0.00498. The lowest BCUT2D eigenvalue weighted by molar-refractivity contribution is -0.124. The van der Waals surface area contributed by atoms with Crippen molar-refractivity contribution in [2.24, 2.45) is 5.73 Å². The van der Waals surface area contributed by atoms with Crippen molar-refractivity contribution in [3.63, 3.8) is 0 Å². The van der Waals surface area contributed by atoms with Gasteiger partial charge in [0.15, 0.2) is 5.69 Å². The summed E-state index contributed by atoms with van der Waals surface area (Å²) in [6.45, 7) is 5.78. The van der Waals surface area contributed by atoms with E-state index in [4.69, 9.17) is 16.2 Å². The van der Waals surface area contributed by atoms with E-state index in [1.807, 2.05) is 32.9 Å².